The van der Waals surface area contributed by atoms with Crippen LogP contribution < -0.4 is 0 Å². The summed E-state index contributed by atoms with van der Waals surface area (Å²) in [5, 5.41) is 8.90. The molecule has 0 saturated carbocycles. The second kappa shape index (κ2) is 6.26. The van der Waals surface area contributed by atoms with Gasteiger partial charge >= 0.3 is 5.97 Å². The molecule has 2 rings (SSSR count). The third-order valence-electron chi connectivity index (χ3n) is 3.85. The van der Waals surface area contributed by atoms with E-state index in [0.29, 0.717) is 19.4 Å². The molecule has 2 atom stereocenters. The maximum Gasteiger partial charge on any atom is 0.332 e. The smallest absolute Gasteiger partial charge is 0.332 e. The van der Waals surface area contributed by atoms with Crippen molar-refractivity contribution in [1.82, 2.24) is 4.90 Å². The number of aryl methyl sites for hydroxylation is 2. The number of nitrogens with zero attached hydrogens (tertiary/aromatic N) is 1. The van der Waals surface area contributed by atoms with E-state index in [0.717, 1.165) is 11.1 Å². The van der Waals surface area contributed by atoms with E-state index in [2.05, 4.69) is 6.07 Å². The molecule has 21 heavy (non-hydrogen) atoms. The molecule has 1 aliphatic heterocycles. The maximum absolute atomic E-state index is 12.3. The molecule has 1 heterocycles. The van der Waals surface area contributed by atoms with Crippen molar-refractivity contribution in [3.05, 3.63) is 34.9 Å². The molecule has 0 aromatic heterocycles. The topological polar surface area (TPSA) is 66.8 Å². The van der Waals surface area contributed by atoms with Crippen LogP contribution in [0, 0.1) is 13.8 Å². The monoisotopic (exact) mass is 291 g/mol. The summed E-state index contributed by atoms with van der Waals surface area (Å²) in [6, 6.07) is 6.12. The summed E-state index contributed by atoms with van der Waals surface area (Å²) in [7, 11) is 1.72. The van der Waals surface area contributed by atoms with E-state index in [-0.39, 0.29) is 5.91 Å². The van der Waals surface area contributed by atoms with Crippen molar-refractivity contribution in [3.8, 4) is 0 Å². The molecule has 114 valence electrons. The Bertz CT molecular complexity index is 555. The van der Waals surface area contributed by atoms with Crippen LogP contribution in [-0.2, 0) is 20.9 Å². The van der Waals surface area contributed by atoms with Crippen LogP contribution in [0.15, 0.2) is 18.2 Å². The molecule has 1 saturated heterocycles. The van der Waals surface area contributed by atoms with Gasteiger partial charge in [-0.2, -0.15) is 0 Å². The maximum atomic E-state index is 12.3. The zero-order valence-corrected chi connectivity index (χ0v) is 12.6. The molecule has 0 radical (unpaired) electrons. The minimum Gasteiger partial charge on any atom is -0.479 e. The number of amides is 1. The number of carboxylic acids is 1. The summed E-state index contributed by atoms with van der Waals surface area (Å²) in [6.45, 7) is 4.56. The van der Waals surface area contributed by atoms with Gasteiger partial charge in [0.05, 0.1) is 0 Å². The molecule has 0 spiro atoms. The first kappa shape index (κ1) is 15.5. The van der Waals surface area contributed by atoms with E-state index in [1.54, 1.807) is 11.9 Å². The molecule has 1 aliphatic rings. The van der Waals surface area contributed by atoms with Crippen LogP contribution in [-0.4, -0.2) is 41.1 Å². The third kappa shape index (κ3) is 3.61. The third-order valence-corrected chi connectivity index (χ3v) is 3.85. The van der Waals surface area contributed by atoms with Gasteiger partial charge < -0.3 is 14.7 Å². The van der Waals surface area contributed by atoms with Crippen LogP contribution >= 0.6 is 0 Å². The van der Waals surface area contributed by atoms with Gasteiger partial charge in [-0.1, -0.05) is 23.8 Å². The van der Waals surface area contributed by atoms with E-state index < -0.39 is 18.2 Å². The fourth-order valence-corrected chi connectivity index (χ4v) is 2.60. The van der Waals surface area contributed by atoms with Crippen LogP contribution in [0.4, 0.5) is 0 Å². The summed E-state index contributed by atoms with van der Waals surface area (Å²) in [6.07, 6.45) is -0.633. The number of benzene rings is 1. The second-order valence-electron chi connectivity index (χ2n) is 5.65. The number of hydrogen-bond acceptors (Lipinski definition) is 3. The first-order valence-electron chi connectivity index (χ1n) is 7.08. The van der Waals surface area contributed by atoms with Gasteiger partial charge in [-0.05, 0) is 37.8 Å². The molecule has 0 aliphatic carbocycles. The van der Waals surface area contributed by atoms with E-state index in [9.17, 15) is 9.59 Å². The van der Waals surface area contributed by atoms with Gasteiger partial charge in [-0.25, -0.2) is 4.79 Å². The highest BCUT2D eigenvalue weighted by Gasteiger charge is 2.36. The van der Waals surface area contributed by atoms with Crippen molar-refractivity contribution in [3.63, 3.8) is 0 Å². The van der Waals surface area contributed by atoms with E-state index >= 15 is 0 Å². The SMILES string of the molecule is Cc1ccc(CN(C)C(=O)C2CCC(C(=O)O)O2)c(C)c1. The van der Waals surface area contributed by atoms with Crippen molar-refractivity contribution in [2.45, 2.75) is 45.4 Å². The number of aliphatic carboxylic acids is 1. The number of carbonyl (C=O) groups is 2. The molecule has 0 bridgehead atoms. The number of carboxylic acid groups (broad SMARTS) is 1. The quantitative estimate of drug-likeness (QED) is 0.920. The number of rotatable bonds is 4. The van der Waals surface area contributed by atoms with Gasteiger partial charge in [-0.3, -0.25) is 4.79 Å². The largest absolute Gasteiger partial charge is 0.479 e. The number of hydrogen-bond donors (Lipinski definition) is 1. The first-order chi connectivity index (χ1) is 9.88. The lowest BCUT2D eigenvalue weighted by Gasteiger charge is -2.22. The molecule has 1 fully saturated rings. The van der Waals surface area contributed by atoms with Crippen molar-refractivity contribution < 1.29 is 19.4 Å². The lowest BCUT2D eigenvalue weighted by molar-refractivity contribution is -0.154. The predicted octanol–water partition coefficient (Wildman–Crippen LogP) is 1.89. The van der Waals surface area contributed by atoms with Crippen LogP contribution in [0.2, 0.25) is 0 Å². The minimum atomic E-state index is -0.998. The van der Waals surface area contributed by atoms with Crippen LogP contribution in [0.1, 0.15) is 29.5 Å². The molecule has 1 aromatic rings. The first-order valence-corrected chi connectivity index (χ1v) is 7.08. The van der Waals surface area contributed by atoms with Crippen molar-refractivity contribution in [1.29, 1.82) is 0 Å². The summed E-state index contributed by atoms with van der Waals surface area (Å²) in [4.78, 5) is 24.8. The van der Waals surface area contributed by atoms with Gasteiger partial charge in [0, 0.05) is 13.6 Å². The van der Waals surface area contributed by atoms with Gasteiger partial charge in [0.1, 0.15) is 6.10 Å². The molecule has 5 nitrogen and oxygen atoms in total. The van der Waals surface area contributed by atoms with E-state index in [1.807, 2.05) is 26.0 Å². The lowest BCUT2D eigenvalue weighted by atomic mass is 10.1. The lowest BCUT2D eigenvalue weighted by Crippen LogP contribution is -2.36. The normalized spacial score (nSPS) is 21.3. The zero-order chi connectivity index (χ0) is 15.6. The van der Waals surface area contributed by atoms with Gasteiger partial charge in [-0.15, -0.1) is 0 Å². The number of ether oxygens (including phenoxy) is 1. The van der Waals surface area contributed by atoms with Crippen LogP contribution in [0.25, 0.3) is 0 Å². The molecule has 1 amide bonds. The number of likely N-dealkylation sites (N-methyl/N-ethyl adjacent to an activating group) is 1. The number of carbonyl (C=O) groups excluding carboxylic acids is 1. The highest BCUT2D eigenvalue weighted by Crippen LogP contribution is 2.22. The Morgan fingerprint density at radius 2 is 1.95 bits per heavy atom. The fraction of sp³-hybridized carbons (Fsp3) is 0.500. The van der Waals surface area contributed by atoms with Gasteiger partial charge in [0.15, 0.2) is 6.10 Å². The summed E-state index contributed by atoms with van der Waals surface area (Å²) in [5.41, 5.74) is 3.42. The summed E-state index contributed by atoms with van der Waals surface area (Å²) >= 11 is 0. The minimum absolute atomic E-state index is 0.154. The van der Waals surface area contributed by atoms with Crippen LogP contribution in [0.3, 0.4) is 0 Å². The summed E-state index contributed by atoms with van der Waals surface area (Å²) in [5.74, 6) is -1.15. The Hall–Kier alpha value is -1.88. The van der Waals surface area contributed by atoms with Crippen LogP contribution in [0.5, 0.6) is 0 Å². The molecule has 1 N–H and O–H groups in total. The Morgan fingerprint density at radius 3 is 2.52 bits per heavy atom. The fourth-order valence-electron chi connectivity index (χ4n) is 2.60. The van der Waals surface area contributed by atoms with Crippen molar-refractivity contribution in [2.75, 3.05) is 7.05 Å². The molecule has 5 heteroatoms. The Morgan fingerprint density at radius 1 is 1.29 bits per heavy atom. The second-order valence-corrected chi connectivity index (χ2v) is 5.65. The average Bonchev–Trinajstić information content (AvgIpc) is 2.90. The highest BCUT2D eigenvalue weighted by atomic mass is 16.5. The van der Waals surface area contributed by atoms with E-state index in [1.165, 1.54) is 5.56 Å². The average molecular weight is 291 g/mol. The standard InChI is InChI=1S/C16H21NO4/c1-10-4-5-12(11(2)8-10)9-17(3)15(18)13-6-7-14(21-13)16(19)20/h4-5,8,13-14H,6-7,9H2,1-3H3,(H,19,20). The van der Waals surface area contributed by atoms with Gasteiger partial charge in [0.2, 0.25) is 0 Å². The Kier molecular flexibility index (Phi) is 4.63. The summed E-state index contributed by atoms with van der Waals surface area (Å²) < 4.78 is 5.30. The van der Waals surface area contributed by atoms with Crippen molar-refractivity contribution >= 4 is 11.9 Å². The van der Waals surface area contributed by atoms with Crippen molar-refractivity contribution in [2.24, 2.45) is 0 Å². The molecular formula is C16H21NO4. The predicted molar refractivity (Wildman–Crippen MR) is 77.9 cm³/mol. The molecular weight excluding hydrogens is 270 g/mol. The molecule has 1 aromatic carbocycles. The molecule has 2 unspecified atom stereocenters. The zero-order valence-electron chi connectivity index (χ0n) is 12.6. The van der Waals surface area contributed by atoms with E-state index in [4.69, 9.17) is 9.84 Å². The Balaban J connectivity index is 1.98. The van der Waals surface area contributed by atoms with Gasteiger partial charge in [0.25, 0.3) is 5.91 Å². The Labute approximate surface area is 124 Å². The highest BCUT2D eigenvalue weighted by molar-refractivity contribution is 5.82.